The molecule has 0 bridgehead atoms. The molecule has 0 spiro atoms. The number of esters is 2. The maximum atomic E-state index is 12.6. The molecule has 0 amide bonds. The van der Waals surface area contributed by atoms with E-state index in [9.17, 15) is 20.0 Å². The van der Waals surface area contributed by atoms with Gasteiger partial charge in [0.15, 0.2) is 5.60 Å². The molecule has 0 saturated heterocycles. The van der Waals surface area contributed by atoms with E-state index in [1.54, 1.807) is 0 Å². The topological polar surface area (TPSA) is 113 Å². The van der Waals surface area contributed by atoms with E-state index in [-0.39, 0.29) is 17.8 Å². The molecule has 0 aromatic rings. The lowest BCUT2D eigenvalue weighted by Crippen LogP contribution is -3.00. The molecule has 4 aliphatic carbocycles. The van der Waals surface area contributed by atoms with Gasteiger partial charge in [-0.15, -0.1) is 5.34 Å². The summed E-state index contributed by atoms with van der Waals surface area (Å²) >= 11 is 0. The molecule has 0 radical (unpaired) electrons. The van der Waals surface area contributed by atoms with Gasteiger partial charge in [-0.3, -0.25) is 9.59 Å². The van der Waals surface area contributed by atoms with Crippen LogP contribution in [0, 0.1) is 51.5 Å². The number of hydrogen-bond acceptors (Lipinski definition) is 7. The van der Waals surface area contributed by atoms with E-state index in [4.69, 9.17) is 9.47 Å². The van der Waals surface area contributed by atoms with Crippen molar-refractivity contribution in [1.29, 1.82) is 0 Å². The number of quaternary nitrogens is 1. The molecule has 10 atom stereocenters. The van der Waals surface area contributed by atoms with Crippen molar-refractivity contribution in [3.05, 3.63) is 5.21 Å². The molecule has 2 N–H and O–H groups in total. The zero-order chi connectivity index (χ0) is 28.8. The van der Waals surface area contributed by atoms with Gasteiger partial charge in [-0.2, -0.15) is 5.21 Å². The van der Waals surface area contributed by atoms with E-state index < -0.39 is 28.4 Å². The Hall–Kier alpha value is -1.51. The molecule has 0 aliphatic heterocycles. The number of rotatable bonds is 8. The lowest BCUT2D eigenvalue weighted by atomic mass is 9.42. The third-order valence-corrected chi connectivity index (χ3v) is 11.7. The lowest BCUT2D eigenvalue weighted by Gasteiger charge is -2.64. The minimum Gasteiger partial charge on any atom is -0.572 e. The number of carbonyl (C=O) groups excluding carboxylic acids is 2. The second kappa shape index (κ2) is 11.4. The van der Waals surface area contributed by atoms with Crippen LogP contribution in [0.15, 0.2) is 5.10 Å². The summed E-state index contributed by atoms with van der Waals surface area (Å²) in [6.45, 7) is 14.5. The summed E-state index contributed by atoms with van der Waals surface area (Å²) in [4.78, 5) is 24.4. The molecule has 4 rings (SSSR count). The predicted molar refractivity (Wildman–Crippen MR) is 149 cm³/mol. The molecule has 4 aliphatic rings. The summed E-state index contributed by atoms with van der Waals surface area (Å²) in [6, 6.07) is 0. The van der Waals surface area contributed by atoms with Gasteiger partial charge in [0.25, 0.3) is 0 Å². The van der Waals surface area contributed by atoms with Gasteiger partial charge in [-0.05, 0) is 85.9 Å². The number of nitrogens with zero attached hydrogens (tertiary/aromatic N) is 1. The van der Waals surface area contributed by atoms with E-state index in [0.29, 0.717) is 54.6 Å². The Morgan fingerprint density at radius 2 is 1.77 bits per heavy atom. The third kappa shape index (κ3) is 5.54. The number of hydrogen-bond donors (Lipinski definition) is 2. The molecular weight excluding hydrogens is 496 g/mol. The van der Waals surface area contributed by atoms with Crippen LogP contribution >= 0.6 is 0 Å². The molecule has 222 valence electrons. The summed E-state index contributed by atoms with van der Waals surface area (Å²) in [5.41, 5.74) is -0.940. The highest BCUT2D eigenvalue weighted by atomic mass is 16.8. The van der Waals surface area contributed by atoms with Crippen LogP contribution in [0.4, 0.5) is 0 Å². The van der Waals surface area contributed by atoms with E-state index in [1.807, 2.05) is 0 Å². The molecule has 0 aromatic carbocycles. The summed E-state index contributed by atoms with van der Waals surface area (Å²) in [7, 11) is 0. The normalized spacial score (nSPS) is 42.3. The molecule has 8 heteroatoms. The first kappa shape index (κ1) is 30.4. The molecule has 0 heterocycles. The zero-order valence-electron chi connectivity index (χ0n) is 25.3. The Kier molecular flexibility index (Phi) is 8.90. The molecule has 4 fully saturated rings. The molecule has 8 nitrogen and oxygen atoms in total. The quantitative estimate of drug-likeness (QED) is 0.308. The average molecular weight is 549 g/mol. The Balaban J connectivity index is 1.68. The second-order valence-electron chi connectivity index (χ2n) is 14.3. The van der Waals surface area contributed by atoms with Crippen LogP contribution in [0.1, 0.15) is 119 Å². The van der Waals surface area contributed by atoms with Gasteiger partial charge in [0.1, 0.15) is 11.8 Å². The fourth-order valence-electron chi connectivity index (χ4n) is 10.1. The van der Waals surface area contributed by atoms with E-state index >= 15 is 0 Å². The van der Waals surface area contributed by atoms with Gasteiger partial charge in [-0.1, -0.05) is 59.0 Å². The summed E-state index contributed by atoms with van der Waals surface area (Å²) in [5.74, 6) is 2.40. The molecule has 39 heavy (non-hydrogen) atoms. The predicted octanol–water partition coefficient (Wildman–Crippen LogP) is 5.46. The number of carbonyl (C=O) groups is 2. The monoisotopic (exact) mass is 548 g/mol. The number of nitrogens with one attached hydrogen (secondary N) is 1. The second-order valence-corrected chi connectivity index (χ2v) is 14.3. The SMILES string of the molecule is CC(=O)OC1CCC2(C)C3CCC4(C)C(C(C)CCCC(C)C)CCC4C3CC(=N[NH+]([O-])O)C2(OC(C)=O)C1. The highest BCUT2D eigenvalue weighted by Gasteiger charge is 2.69. The summed E-state index contributed by atoms with van der Waals surface area (Å²) < 4.78 is 11.8. The van der Waals surface area contributed by atoms with Gasteiger partial charge in [0.05, 0.1) is 0 Å². The van der Waals surface area contributed by atoms with Crippen molar-refractivity contribution in [2.75, 3.05) is 0 Å². The summed E-state index contributed by atoms with van der Waals surface area (Å²) in [5, 5.41) is 24.8. The first-order valence-corrected chi connectivity index (χ1v) is 15.4. The van der Waals surface area contributed by atoms with Crippen LogP contribution in [0.5, 0.6) is 0 Å². The highest BCUT2D eigenvalue weighted by molar-refractivity contribution is 5.96. The van der Waals surface area contributed by atoms with Gasteiger partial charge in [-0.25, -0.2) is 0 Å². The van der Waals surface area contributed by atoms with Crippen LogP contribution in [-0.4, -0.2) is 34.6 Å². The van der Waals surface area contributed by atoms with Crippen molar-refractivity contribution in [2.45, 2.75) is 131 Å². The van der Waals surface area contributed by atoms with Crippen LogP contribution in [-0.2, 0) is 19.1 Å². The molecule has 0 aromatic heterocycles. The van der Waals surface area contributed by atoms with Gasteiger partial charge < -0.3 is 14.7 Å². The van der Waals surface area contributed by atoms with Gasteiger partial charge in [0.2, 0.25) is 0 Å². The van der Waals surface area contributed by atoms with E-state index in [1.165, 1.54) is 46.0 Å². The number of fused-ring (bicyclic) bond motifs is 5. The van der Waals surface area contributed by atoms with Gasteiger partial charge >= 0.3 is 11.9 Å². The first-order chi connectivity index (χ1) is 18.2. The van der Waals surface area contributed by atoms with Crippen LogP contribution in [0.2, 0.25) is 0 Å². The largest absolute Gasteiger partial charge is 0.572 e. The third-order valence-electron chi connectivity index (χ3n) is 11.7. The lowest BCUT2D eigenvalue weighted by molar-refractivity contribution is -1.05. The van der Waals surface area contributed by atoms with E-state index in [0.717, 1.165) is 18.8 Å². The van der Waals surface area contributed by atoms with Crippen molar-refractivity contribution in [2.24, 2.45) is 51.4 Å². The maximum absolute atomic E-state index is 12.6. The van der Waals surface area contributed by atoms with Crippen molar-refractivity contribution in [3.63, 3.8) is 0 Å². The van der Waals surface area contributed by atoms with E-state index in [2.05, 4.69) is 39.7 Å². The Bertz CT molecular complexity index is 951. The fourth-order valence-corrected chi connectivity index (χ4v) is 10.1. The van der Waals surface area contributed by atoms with Crippen LogP contribution in [0.3, 0.4) is 0 Å². The summed E-state index contributed by atoms with van der Waals surface area (Å²) in [6.07, 6.45) is 10.2. The number of ether oxygens (including phenoxy) is 2. The van der Waals surface area contributed by atoms with Crippen molar-refractivity contribution >= 4 is 17.7 Å². The van der Waals surface area contributed by atoms with Crippen molar-refractivity contribution in [1.82, 2.24) is 0 Å². The molecule has 10 unspecified atom stereocenters. The first-order valence-electron chi connectivity index (χ1n) is 15.4. The minimum atomic E-state index is -1.26. The van der Waals surface area contributed by atoms with Crippen molar-refractivity contribution < 1.29 is 29.6 Å². The Labute approximate surface area is 234 Å². The Morgan fingerprint density at radius 1 is 1.05 bits per heavy atom. The Morgan fingerprint density at radius 3 is 2.38 bits per heavy atom. The maximum Gasteiger partial charge on any atom is 0.303 e. The minimum absolute atomic E-state index is 0.236. The molecule has 4 saturated carbocycles. The van der Waals surface area contributed by atoms with Gasteiger partial charge in [0, 0.05) is 25.7 Å². The van der Waals surface area contributed by atoms with Crippen LogP contribution < -0.4 is 5.34 Å². The highest BCUT2D eigenvalue weighted by Crippen LogP contribution is 2.69. The van der Waals surface area contributed by atoms with Crippen LogP contribution in [0.25, 0.3) is 0 Å². The zero-order valence-corrected chi connectivity index (χ0v) is 25.3. The van der Waals surface area contributed by atoms with Crippen molar-refractivity contribution in [3.8, 4) is 0 Å². The molecular formula is C31H52N2O6. The standard InChI is InChI=1S/C31H52N2O6/c1-19(2)9-8-10-20(3)25-11-12-26-24-17-28(32-33(36)37)31(39-22(5)35)18-23(38-21(4)34)13-16-30(31,7)27(24)14-15-29(25,26)6/h19-20,23-27,33,36H,8-18H2,1-7H3. The average Bonchev–Trinajstić information content (AvgIpc) is 3.16. The smallest absolute Gasteiger partial charge is 0.303 e. The fraction of sp³-hybridized carbons (Fsp3) is 0.903.